The van der Waals surface area contributed by atoms with Crippen LogP contribution in [0.1, 0.15) is 20.8 Å². The second kappa shape index (κ2) is 13.4. The van der Waals surface area contributed by atoms with Crippen LogP contribution in [-0.4, -0.2) is 158 Å². The lowest BCUT2D eigenvalue weighted by Crippen LogP contribution is -2.70. The van der Waals surface area contributed by atoms with Gasteiger partial charge in [-0.15, -0.1) is 0 Å². The maximum atomic E-state index is 12.0. The first-order valence-corrected chi connectivity index (χ1v) is 12.4. The fraction of sp³-hybridized carbons (Fsp3) is 0.909. The lowest BCUT2D eigenvalue weighted by molar-refractivity contribution is -0.362. The zero-order valence-corrected chi connectivity index (χ0v) is 21.5. The second-order valence-electron chi connectivity index (χ2n) is 9.79. The molecule has 0 aromatic carbocycles. The van der Waals surface area contributed by atoms with E-state index in [2.05, 4.69) is 10.6 Å². The number of amides is 2. The predicted molar refractivity (Wildman–Crippen MR) is 123 cm³/mol. The SMILES string of the molecule is CC(=O)N[C@@H]1[C@@H](O[C@H]2O[C@H](C)[C@H](O)[C@H](O)[C@H]2O)[C@H](O[C@@H]2O[C@H](CO)[C@H](O)[C@H](O)[C@H]2NC(C)=O)[C@@H](CO)O[C@H]1O. The molecular formula is C22H38N2O15. The number of aliphatic hydroxyl groups excluding tert-OH is 8. The van der Waals surface area contributed by atoms with E-state index in [1.165, 1.54) is 6.92 Å². The van der Waals surface area contributed by atoms with Gasteiger partial charge in [0.1, 0.15) is 67.0 Å². The average Bonchev–Trinajstić information content (AvgIpc) is 2.88. The zero-order valence-electron chi connectivity index (χ0n) is 21.5. The quantitative estimate of drug-likeness (QED) is 0.130. The molecule has 3 aliphatic heterocycles. The van der Waals surface area contributed by atoms with E-state index < -0.39 is 117 Å². The van der Waals surface area contributed by atoms with Gasteiger partial charge in [-0.05, 0) is 6.92 Å². The van der Waals surface area contributed by atoms with Crippen molar-refractivity contribution in [3.8, 4) is 0 Å². The molecule has 15 atom stereocenters. The van der Waals surface area contributed by atoms with Gasteiger partial charge in [0, 0.05) is 13.8 Å². The number of ether oxygens (including phenoxy) is 5. The van der Waals surface area contributed by atoms with Crippen molar-refractivity contribution in [3.63, 3.8) is 0 Å². The molecule has 0 radical (unpaired) electrons. The van der Waals surface area contributed by atoms with Crippen LogP contribution in [0, 0.1) is 0 Å². The van der Waals surface area contributed by atoms with Crippen LogP contribution in [0.2, 0.25) is 0 Å². The van der Waals surface area contributed by atoms with E-state index in [9.17, 15) is 50.4 Å². The molecule has 39 heavy (non-hydrogen) atoms. The number of hydrogen-bond acceptors (Lipinski definition) is 15. The molecule has 3 fully saturated rings. The molecule has 17 nitrogen and oxygen atoms in total. The normalized spacial score (nSPS) is 46.9. The molecule has 0 unspecified atom stereocenters. The van der Waals surface area contributed by atoms with Crippen molar-refractivity contribution in [1.29, 1.82) is 0 Å². The molecule has 3 saturated heterocycles. The summed E-state index contributed by atoms with van der Waals surface area (Å²) in [5.74, 6) is -1.28. The average molecular weight is 571 g/mol. The molecule has 2 amide bonds. The number of aliphatic hydroxyl groups is 8. The fourth-order valence-corrected chi connectivity index (χ4v) is 4.80. The van der Waals surface area contributed by atoms with Crippen LogP contribution < -0.4 is 10.6 Å². The van der Waals surface area contributed by atoms with Gasteiger partial charge in [0.2, 0.25) is 11.8 Å². The van der Waals surface area contributed by atoms with Crippen molar-refractivity contribution in [1.82, 2.24) is 10.6 Å². The van der Waals surface area contributed by atoms with E-state index in [-0.39, 0.29) is 0 Å². The van der Waals surface area contributed by atoms with Crippen LogP contribution in [0.3, 0.4) is 0 Å². The van der Waals surface area contributed by atoms with Crippen LogP contribution in [0.4, 0.5) is 0 Å². The highest BCUT2D eigenvalue weighted by Gasteiger charge is 2.54. The van der Waals surface area contributed by atoms with E-state index >= 15 is 0 Å². The van der Waals surface area contributed by atoms with E-state index in [0.29, 0.717) is 0 Å². The molecule has 17 heteroatoms. The van der Waals surface area contributed by atoms with Crippen LogP contribution in [-0.2, 0) is 33.3 Å². The molecule has 3 aliphatic rings. The van der Waals surface area contributed by atoms with Crippen molar-refractivity contribution in [2.24, 2.45) is 0 Å². The Balaban J connectivity index is 1.98. The molecule has 0 saturated carbocycles. The Hall–Kier alpha value is -1.58. The summed E-state index contributed by atoms with van der Waals surface area (Å²) in [6, 6.07) is -2.82. The van der Waals surface area contributed by atoms with Crippen molar-refractivity contribution in [2.75, 3.05) is 13.2 Å². The maximum absolute atomic E-state index is 12.0. The summed E-state index contributed by atoms with van der Waals surface area (Å²) < 4.78 is 28.4. The molecule has 3 rings (SSSR count). The van der Waals surface area contributed by atoms with Crippen molar-refractivity contribution < 1.29 is 74.1 Å². The molecule has 3 heterocycles. The van der Waals surface area contributed by atoms with Crippen LogP contribution >= 0.6 is 0 Å². The number of carbonyl (C=O) groups excluding carboxylic acids is 2. The summed E-state index contributed by atoms with van der Waals surface area (Å²) in [6.45, 7) is 2.13. The van der Waals surface area contributed by atoms with Gasteiger partial charge in [0.05, 0.1) is 19.3 Å². The van der Waals surface area contributed by atoms with E-state index in [0.717, 1.165) is 13.8 Å². The zero-order chi connectivity index (χ0) is 29.2. The van der Waals surface area contributed by atoms with Gasteiger partial charge in [0.25, 0.3) is 0 Å². The first kappa shape index (κ1) is 31.9. The lowest BCUT2D eigenvalue weighted by atomic mass is 9.94. The summed E-state index contributed by atoms with van der Waals surface area (Å²) in [7, 11) is 0. The highest BCUT2D eigenvalue weighted by atomic mass is 16.7. The van der Waals surface area contributed by atoms with Gasteiger partial charge in [-0.1, -0.05) is 0 Å². The third kappa shape index (κ3) is 7.02. The third-order valence-electron chi connectivity index (χ3n) is 6.86. The molecule has 0 aliphatic carbocycles. The molecule has 0 aromatic rings. The first-order chi connectivity index (χ1) is 18.3. The van der Waals surface area contributed by atoms with Gasteiger partial charge in [-0.25, -0.2) is 0 Å². The number of hydrogen-bond donors (Lipinski definition) is 10. The smallest absolute Gasteiger partial charge is 0.217 e. The minimum absolute atomic E-state index is 0.635. The molecule has 10 N–H and O–H groups in total. The van der Waals surface area contributed by atoms with Gasteiger partial charge < -0.3 is 75.2 Å². The largest absolute Gasteiger partial charge is 0.394 e. The first-order valence-electron chi connectivity index (χ1n) is 12.4. The Kier molecular flexibility index (Phi) is 11.0. The maximum Gasteiger partial charge on any atom is 0.217 e. The molecular weight excluding hydrogens is 532 g/mol. The Labute approximate surface area is 223 Å². The summed E-state index contributed by atoms with van der Waals surface area (Å²) in [4.78, 5) is 23.8. The number of rotatable bonds is 8. The predicted octanol–water partition coefficient (Wildman–Crippen LogP) is -6.26. The summed E-state index contributed by atoms with van der Waals surface area (Å²) in [5, 5.41) is 86.7. The minimum atomic E-state index is -1.80. The highest BCUT2D eigenvalue weighted by molar-refractivity contribution is 5.73. The van der Waals surface area contributed by atoms with Gasteiger partial charge >= 0.3 is 0 Å². The van der Waals surface area contributed by atoms with Crippen LogP contribution in [0.15, 0.2) is 0 Å². The minimum Gasteiger partial charge on any atom is -0.394 e. The topological polar surface area (TPSA) is 266 Å². The van der Waals surface area contributed by atoms with Crippen LogP contribution in [0.5, 0.6) is 0 Å². The summed E-state index contributed by atoms with van der Waals surface area (Å²) >= 11 is 0. The standard InChI is InChI=1S/C22H38N2O15/c1-6-13(29)16(32)17(33)22(35-6)39-19-12(24-8(3)28)20(34)36-10(5-26)18(19)38-21-11(23-7(2)27)15(31)14(30)9(4-25)37-21/h6,9-22,25-26,29-34H,4-5H2,1-3H3,(H,23,27)(H,24,28)/t6-,9-,10-,11-,12-,13+,14+,15-,16+,17-,18-,19-,20-,21+,22-/m1/s1. The molecule has 226 valence electrons. The molecule has 0 aromatic heterocycles. The Morgan fingerprint density at radius 1 is 0.667 bits per heavy atom. The lowest BCUT2D eigenvalue weighted by Gasteiger charge is -2.50. The van der Waals surface area contributed by atoms with Crippen molar-refractivity contribution >= 4 is 11.8 Å². The number of carbonyl (C=O) groups is 2. The Bertz CT molecular complexity index is 837. The van der Waals surface area contributed by atoms with Gasteiger partial charge in [-0.3, -0.25) is 9.59 Å². The van der Waals surface area contributed by atoms with Gasteiger partial charge in [-0.2, -0.15) is 0 Å². The van der Waals surface area contributed by atoms with Gasteiger partial charge in [0.15, 0.2) is 18.9 Å². The van der Waals surface area contributed by atoms with E-state index in [4.69, 9.17) is 23.7 Å². The van der Waals surface area contributed by atoms with Crippen molar-refractivity contribution in [2.45, 2.75) is 113 Å². The highest BCUT2D eigenvalue weighted by Crippen LogP contribution is 2.33. The third-order valence-corrected chi connectivity index (χ3v) is 6.86. The van der Waals surface area contributed by atoms with Crippen molar-refractivity contribution in [3.05, 3.63) is 0 Å². The number of nitrogens with one attached hydrogen (secondary N) is 2. The van der Waals surface area contributed by atoms with E-state index in [1.807, 2.05) is 0 Å². The second-order valence-corrected chi connectivity index (χ2v) is 9.79. The summed E-state index contributed by atoms with van der Waals surface area (Å²) in [6.07, 6.45) is -20.0. The Morgan fingerprint density at radius 2 is 1.23 bits per heavy atom. The fourth-order valence-electron chi connectivity index (χ4n) is 4.80. The summed E-state index contributed by atoms with van der Waals surface area (Å²) in [5.41, 5.74) is 0. The molecule has 0 bridgehead atoms. The molecule has 0 spiro atoms. The van der Waals surface area contributed by atoms with Crippen LogP contribution in [0.25, 0.3) is 0 Å². The van der Waals surface area contributed by atoms with E-state index in [1.54, 1.807) is 0 Å². The monoisotopic (exact) mass is 570 g/mol. The Morgan fingerprint density at radius 3 is 1.79 bits per heavy atom.